The third-order valence-corrected chi connectivity index (χ3v) is 6.01. The Bertz CT molecular complexity index is 973. The van der Waals surface area contributed by atoms with Crippen LogP contribution in [-0.2, 0) is 9.53 Å². The van der Waals surface area contributed by atoms with Crippen LogP contribution in [0.15, 0.2) is 48.5 Å². The fourth-order valence-electron chi connectivity index (χ4n) is 3.27. The van der Waals surface area contributed by atoms with Crippen molar-refractivity contribution in [1.29, 1.82) is 0 Å². The van der Waals surface area contributed by atoms with Crippen molar-refractivity contribution < 1.29 is 19.0 Å². The first-order valence-corrected chi connectivity index (χ1v) is 10.8. The number of thiazole rings is 1. The summed E-state index contributed by atoms with van der Waals surface area (Å²) in [5, 5.41) is 0.674. The Morgan fingerprint density at radius 1 is 1.17 bits per heavy atom. The van der Waals surface area contributed by atoms with Crippen molar-refractivity contribution >= 4 is 32.6 Å². The molecular formula is C22H25N3O4S. The normalized spacial score (nSPS) is 14.6. The number of morpholine rings is 1. The van der Waals surface area contributed by atoms with E-state index in [-0.39, 0.29) is 12.5 Å². The predicted molar refractivity (Wildman–Crippen MR) is 118 cm³/mol. The number of ether oxygens (including phenoxy) is 3. The molecule has 0 bridgehead atoms. The summed E-state index contributed by atoms with van der Waals surface area (Å²) in [6, 6.07) is 15.1. The highest BCUT2D eigenvalue weighted by molar-refractivity contribution is 7.22. The van der Waals surface area contributed by atoms with E-state index in [0.29, 0.717) is 17.4 Å². The van der Waals surface area contributed by atoms with Crippen molar-refractivity contribution in [3.63, 3.8) is 0 Å². The lowest BCUT2D eigenvalue weighted by Crippen LogP contribution is -2.44. The number of amides is 1. The minimum atomic E-state index is -0.113. The van der Waals surface area contributed by atoms with E-state index < -0.39 is 0 Å². The first-order valence-electron chi connectivity index (χ1n) is 9.96. The standard InChI is InChI=1S/C22H25N3O4S/c1-27-18-7-8-19-20(15-18)30-22(23-19)25(10-9-24-11-13-28-14-12-24)21(26)16-29-17-5-3-2-4-6-17/h2-8,15H,9-14,16H2,1H3. The van der Waals surface area contributed by atoms with Crippen molar-refractivity contribution in [2.45, 2.75) is 0 Å². The van der Waals surface area contributed by atoms with Gasteiger partial charge in [-0.1, -0.05) is 29.5 Å². The van der Waals surface area contributed by atoms with Crippen LogP contribution in [0.5, 0.6) is 11.5 Å². The molecular weight excluding hydrogens is 402 g/mol. The number of para-hydroxylation sites is 1. The second-order valence-electron chi connectivity index (χ2n) is 6.93. The minimum Gasteiger partial charge on any atom is -0.497 e. The molecule has 1 amide bonds. The van der Waals surface area contributed by atoms with Crippen LogP contribution in [0.3, 0.4) is 0 Å². The van der Waals surface area contributed by atoms with Gasteiger partial charge in [0.1, 0.15) is 11.5 Å². The molecule has 1 aliphatic heterocycles. The number of methoxy groups -OCH3 is 1. The Balaban J connectivity index is 1.51. The van der Waals surface area contributed by atoms with Crippen LogP contribution in [0.25, 0.3) is 10.2 Å². The van der Waals surface area contributed by atoms with Crippen LogP contribution in [0.1, 0.15) is 0 Å². The summed E-state index contributed by atoms with van der Waals surface area (Å²) in [4.78, 5) is 21.8. The smallest absolute Gasteiger partial charge is 0.266 e. The molecule has 30 heavy (non-hydrogen) atoms. The molecule has 3 aromatic rings. The molecule has 0 radical (unpaired) electrons. The van der Waals surface area contributed by atoms with Crippen LogP contribution in [0.4, 0.5) is 5.13 Å². The highest BCUT2D eigenvalue weighted by Gasteiger charge is 2.22. The van der Waals surface area contributed by atoms with Gasteiger partial charge in [0.05, 0.1) is 30.5 Å². The molecule has 0 unspecified atom stereocenters. The molecule has 4 rings (SSSR count). The second-order valence-corrected chi connectivity index (χ2v) is 7.94. The van der Waals surface area contributed by atoms with Crippen molar-refractivity contribution in [3.05, 3.63) is 48.5 Å². The van der Waals surface area contributed by atoms with E-state index in [9.17, 15) is 4.79 Å². The van der Waals surface area contributed by atoms with Crippen LogP contribution in [-0.4, -0.2) is 68.9 Å². The van der Waals surface area contributed by atoms with Crippen LogP contribution in [0.2, 0.25) is 0 Å². The summed E-state index contributed by atoms with van der Waals surface area (Å²) >= 11 is 1.49. The molecule has 1 saturated heterocycles. The first-order chi connectivity index (χ1) is 14.7. The van der Waals surface area contributed by atoms with Crippen LogP contribution >= 0.6 is 11.3 Å². The maximum absolute atomic E-state index is 13.1. The van der Waals surface area contributed by atoms with E-state index in [0.717, 1.165) is 48.8 Å². The zero-order chi connectivity index (χ0) is 20.8. The summed E-state index contributed by atoms with van der Waals surface area (Å²) < 4.78 is 17.4. The zero-order valence-electron chi connectivity index (χ0n) is 17.0. The Morgan fingerprint density at radius 2 is 1.97 bits per heavy atom. The third kappa shape index (κ3) is 5.08. The van der Waals surface area contributed by atoms with E-state index in [1.165, 1.54) is 11.3 Å². The molecule has 8 heteroatoms. The van der Waals surface area contributed by atoms with Gasteiger partial charge in [0.25, 0.3) is 5.91 Å². The molecule has 0 N–H and O–H groups in total. The van der Waals surface area contributed by atoms with Crippen molar-refractivity contribution in [1.82, 2.24) is 9.88 Å². The van der Waals surface area contributed by atoms with E-state index >= 15 is 0 Å². The highest BCUT2D eigenvalue weighted by Crippen LogP contribution is 2.31. The fraction of sp³-hybridized carbons (Fsp3) is 0.364. The SMILES string of the molecule is COc1ccc2nc(N(CCN3CCOCC3)C(=O)COc3ccccc3)sc2c1. The topological polar surface area (TPSA) is 64.1 Å². The molecule has 0 atom stereocenters. The third-order valence-electron chi connectivity index (χ3n) is 4.97. The molecule has 1 fully saturated rings. The minimum absolute atomic E-state index is 0.0353. The zero-order valence-corrected chi connectivity index (χ0v) is 17.8. The highest BCUT2D eigenvalue weighted by atomic mass is 32.1. The number of rotatable bonds is 8. The lowest BCUT2D eigenvalue weighted by atomic mass is 10.3. The number of benzene rings is 2. The molecule has 7 nitrogen and oxygen atoms in total. The van der Waals surface area contributed by atoms with E-state index in [4.69, 9.17) is 19.2 Å². The number of aromatic nitrogens is 1. The number of hydrogen-bond donors (Lipinski definition) is 0. The monoisotopic (exact) mass is 427 g/mol. The quantitative estimate of drug-likeness (QED) is 0.551. The van der Waals surface area contributed by atoms with Gasteiger partial charge in [0, 0.05) is 26.2 Å². The lowest BCUT2D eigenvalue weighted by molar-refractivity contribution is -0.120. The molecule has 0 aliphatic carbocycles. The maximum Gasteiger partial charge on any atom is 0.266 e. The average molecular weight is 428 g/mol. The number of hydrogen-bond acceptors (Lipinski definition) is 7. The lowest BCUT2D eigenvalue weighted by Gasteiger charge is -2.29. The van der Waals surface area contributed by atoms with E-state index in [2.05, 4.69) is 4.90 Å². The molecule has 0 spiro atoms. The van der Waals surface area contributed by atoms with Gasteiger partial charge in [0.15, 0.2) is 11.7 Å². The van der Waals surface area contributed by atoms with Gasteiger partial charge < -0.3 is 14.2 Å². The van der Waals surface area contributed by atoms with Gasteiger partial charge in [-0.25, -0.2) is 4.98 Å². The van der Waals surface area contributed by atoms with Crippen molar-refractivity contribution in [2.24, 2.45) is 0 Å². The summed E-state index contributed by atoms with van der Waals surface area (Å²) in [5.74, 6) is 1.34. The Morgan fingerprint density at radius 3 is 2.73 bits per heavy atom. The Hall–Kier alpha value is -2.68. The van der Waals surface area contributed by atoms with Crippen LogP contribution in [0, 0.1) is 0 Å². The summed E-state index contributed by atoms with van der Waals surface area (Å²) in [6.07, 6.45) is 0. The van der Waals surface area contributed by atoms with Gasteiger partial charge in [0.2, 0.25) is 0 Å². The summed E-state index contributed by atoms with van der Waals surface area (Å²) in [6.45, 7) is 4.48. The molecule has 2 aromatic carbocycles. The number of carbonyl (C=O) groups excluding carboxylic acids is 1. The van der Waals surface area contributed by atoms with Gasteiger partial charge in [-0.05, 0) is 30.3 Å². The molecule has 0 saturated carbocycles. The van der Waals surface area contributed by atoms with Crippen LogP contribution < -0.4 is 14.4 Å². The molecule has 158 valence electrons. The average Bonchev–Trinajstić information content (AvgIpc) is 3.22. The molecule has 1 aliphatic rings. The van der Waals surface area contributed by atoms with Gasteiger partial charge in [-0.15, -0.1) is 0 Å². The first kappa shape index (κ1) is 20.6. The number of carbonyl (C=O) groups is 1. The summed E-state index contributed by atoms with van der Waals surface area (Å²) in [5.41, 5.74) is 0.851. The van der Waals surface area contributed by atoms with E-state index in [1.54, 1.807) is 12.0 Å². The predicted octanol–water partition coefficient (Wildman–Crippen LogP) is 3.05. The maximum atomic E-state index is 13.1. The largest absolute Gasteiger partial charge is 0.497 e. The second kappa shape index (κ2) is 9.88. The molecule has 1 aromatic heterocycles. The summed E-state index contributed by atoms with van der Waals surface area (Å²) in [7, 11) is 1.64. The Kier molecular flexibility index (Phi) is 6.78. The van der Waals surface area contributed by atoms with Crippen molar-refractivity contribution in [3.8, 4) is 11.5 Å². The number of nitrogens with zero attached hydrogens (tertiary/aromatic N) is 3. The van der Waals surface area contributed by atoms with Gasteiger partial charge in [-0.3, -0.25) is 14.6 Å². The van der Waals surface area contributed by atoms with Gasteiger partial charge >= 0.3 is 0 Å². The molecule has 2 heterocycles. The fourth-order valence-corrected chi connectivity index (χ4v) is 4.31. The Labute approximate surface area is 179 Å². The van der Waals surface area contributed by atoms with Crippen molar-refractivity contribution in [2.75, 3.05) is 58.0 Å². The number of fused-ring (bicyclic) bond motifs is 1. The van der Waals surface area contributed by atoms with Gasteiger partial charge in [-0.2, -0.15) is 0 Å². The number of anilines is 1. The van der Waals surface area contributed by atoms with E-state index in [1.807, 2.05) is 48.5 Å².